The first-order valence-electron chi connectivity index (χ1n) is 7.99. The highest BCUT2D eigenvalue weighted by molar-refractivity contribution is 5.85. The van der Waals surface area contributed by atoms with E-state index < -0.39 is 0 Å². The molecule has 1 amide bonds. The van der Waals surface area contributed by atoms with Crippen molar-refractivity contribution >= 4 is 11.4 Å². The van der Waals surface area contributed by atoms with Crippen LogP contribution in [0.1, 0.15) is 18.1 Å². The number of nitrogens with zero attached hydrogens (tertiary/aromatic N) is 2. The Bertz CT molecular complexity index is 787. The molecule has 4 atom stereocenters. The molecule has 0 radical (unpaired) electrons. The molecule has 5 nitrogen and oxygen atoms in total. The van der Waals surface area contributed by atoms with E-state index in [0.717, 1.165) is 24.2 Å². The van der Waals surface area contributed by atoms with Crippen molar-refractivity contribution in [3.8, 4) is 0 Å². The molecule has 3 aliphatic rings. The number of aromatic nitrogens is 1. The molecule has 2 aromatic rings. The van der Waals surface area contributed by atoms with Gasteiger partial charge in [0, 0.05) is 29.4 Å². The van der Waals surface area contributed by atoms with Crippen molar-refractivity contribution in [3.05, 3.63) is 41.7 Å². The van der Waals surface area contributed by atoms with Crippen molar-refractivity contribution in [2.24, 2.45) is 17.8 Å². The van der Waals surface area contributed by atoms with Gasteiger partial charge in [0.05, 0.1) is 0 Å². The van der Waals surface area contributed by atoms with E-state index in [4.69, 9.17) is 0 Å². The minimum atomic E-state index is -0.346. The van der Waals surface area contributed by atoms with Crippen LogP contribution in [0, 0.1) is 24.7 Å². The fourth-order valence-electron chi connectivity index (χ4n) is 4.08. The molecule has 1 saturated carbocycles. The Kier molecular flexibility index (Phi) is 2.25. The van der Waals surface area contributed by atoms with E-state index in [2.05, 4.69) is 59.6 Å². The molecule has 5 heteroatoms. The number of hydrazine groups is 1. The fraction of sp³-hybridized carbons (Fsp3) is 0.471. The molecule has 114 valence electrons. The van der Waals surface area contributed by atoms with E-state index in [9.17, 15) is 4.79 Å². The Morgan fingerprint density at radius 1 is 1.27 bits per heavy atom. The van der Waals surface area contributed by atoms with E-state index in [1.165, 1.54) is 5.56 Å². The van der Waals surface area contributed by atoms with Gasteiger partial charge in [0.2, 0.25) is 5.91 Å². The molecule has 2 N–H and O–H groups in total. The quantitative estimate of drug-likeness (QED) is 0.820. The number of hydrogen-bond donors (Lipinski definition) is 2. The van der Waals surface area contributed by atoms with Crippen molar-refractivity contribution in [3.63, 3.8) is 0 Å². The summed E-state index contributed by atoms with van der Waals surface area (Å²) >= 11 is 0. The van der Waals surface area contributed by atoms with Crippen molar-refractivity contribution in [2.45, 2.75) is 19.5 Å². The van der Waals surface area contributed by atoms with Crippen LogP contribution in [0.15, 0.2) is 30.6 Å². The molecule has 3 fully saturated rings. The molecule has 1 aliphatic carbocycles. The van der Waals surface area contributed by atoms with Gasteiger partial charge in [-0.25, -0.2) is 5.01 Å². The first-order valence-corrected chi connectivity index (χ1v) is 7.99. The molecule has 2 saturated heterocycles. The maximum Gasteiger partial charge on any atom is 0.242 e. The second-order valence-electron chi connectivity index (χ2n) is 7.14. The second kappa shape index (κ2) is 3.91. The number of hydrogen-bond acceptors (Lipinski definition) is 3. The second-order valence-corrected chi connectivity index (χ2v) is 7.14. The lowest BCUT2D eigenvalue weighted by Crippen LogP contribution is -2.26. The van der Waals surface area contributed by atoms with Crippen LogP contribution in [0.4, 0.5) is 0 Å². The van der Waals surface area contributed by atoms with E-state index in [1.54, 1.807) is 0 Å². The van der Waals surface area contributed by atoms with Crippen LogP contribution >= 0.6 is 0 Å². The number of piperidine rings is 1. The van der Waals surface area contributed by atoms with Gasteiger partial charge in [-0.3, -0.25) is 4.79 Å². The smallest absolute Gasteiger partial charge is 0.242 e. The average molecular weight is 296 g/mol. The van der Waals surface area contributed by atoms with Gasteiger partial charge < -0.3 is 9.72 Å². The molecule has 0 spiro atoms. The highest BCUT2D eigenvalue weighted by Gasteiger charge is 2.63. The van der Waals surface area contributed by atoms with Gasteiger partial charge in [0.25, 0.3) is 0 Å². The Morgan fingerprint density at radius 3 is 2.82 bits per heavy atom. The first kappa shape index (κ1) is 12.7. The number of amides is 1. The molecular formula is C17H20N4O. The zero-order chi connectivity index (χ0) is 15.1. The van der Waals surface area contributed by atoms with Gasteiger partial charge in [-0.15, -0.1) is 0 Å². The predicted molar refractivity (Wildman–Crippen MR) is 82.8 cm³/mol. The van der Waals surface area contributed by atoms with Crippen LogP contribution in [0.5, 0.6) is 0 Å². The zero-order valence-electron chi connectivity index (χ0n) is 12.8. The average Bonchev–Trinajstić information content (AvgIpc) is 3.21. The Morgan fingerprint density at radius 2 is 2.05 bits per heavy atom. The molecule has 1 unspecified atom stereocenters. The summed E-state index contributed by atoms with van der Waals surface area (Å²) in [6.45, 7) is 6.18. The summed E-state index contributed by atoms with van der Waals surface area (Å²) in [6, 6.07) is 6.39. The monoisotopic (exact) mass is 296 g/mol. The lowest BCUT2D eigenvalue weighted by molar-refractivity contribution is -0.129. The highest BCUT2D eigenvalue weighted by atomic mass is 16.2. The number of pyridine rings is 1. The van der Waals surface area contributed by atoms with Gasteiger partial charge in [0.15, 0.2) is 0 Å². The molecule has 5 rings (SSSR count). The largest absolute Gasteiger partial charge is 0.323 e. The van der Waals surface area contributed by atoms with Crippen LogP contribution in [0.3, 0.4) is 0 Å². The maximum absolute atomic E-state index is 12.7. The van der Waals surface area contributed by atoms with E-state index in [0.29, 0.717) is 11.8 Å². The third kappa shape index (κ3) is 1.58. The van der Waals surface area contributed by atoms with E-state index in [-0.39, 0.29) is 17.5 Å². The fourth-order valence-corrected chi connectivity index (χ4v) is 4.08. The molecular weight excluding hydrogens is 276 g/mol. The van der Waals surface area contributed by atoms with Gasteiger partial charge in [-0.2, -0.15) is 5.43 Å². The van der Waals surface area contributed by atoms with Gasteiger partial charge >= 0.3 is 0 Å². The molecule has 4 heterocycles. The van der Waals surface area contributed by atoms with Crippen molar-refractivity contribution in [2.75, 3.05) is 13.1 Å². The van der Waals surface area contributed by atoms with Gasteiger partial charge in [-0.1, -0.05) is 6.07 Å². The minimum Gasteiger partial charge on any atom is -0.323 e. The summed E-state index contributed by atoms with van der Waals surface area (Å²) in [5.41, 5.74) is 6.49. The van der Waals surface area contributed by atoms with E-state index >= 15 is 0 Å². The van der Waals surface area contributed by atoms with E-state index in [1.807, 2.05) is 5.01 Å². The van der Waals surface area contributed by atoms with Crippen LogP contribution in [-0.4, -0.2) is 28.4 Å². The Hall–Kier alpha value is -1.85. The molecule has 0 aromatic carbocycles. The summed E-state index contributed by atoms with van der Waals surface area (Å²) in [5.74, 6) is 1.63. The first-order chi connectivity index (χ1) is 10.6. The van der Waals surface area contributed by atoms with Crippen LogP contribution in [-0.2, 0) is 10.5 Å². The number of carbonyl (C=O) groups excluding carboxylic acids is 1. The lowest BCUT2D eigenvalue weighted by atomic mass is 10.1. The Labute approximate surface area is 129 Å². The van der Waals surface area contributed by atoms with Crippen molar-refractivity contribution in [1.82, 2.24) is 20.2 Å². The minimum absolute atomic E-state index is 0.231. The zero-order valence-corrected chi connectivity index (χ0v) is 12.8. The third-order valence-electron chi connectivity index (χ3n) is 5.63. The molecule has 2 aromatic heterocycles. The van der Waals surface area contributed by atoms with Crippen LogP contribution < -0.4 is 10.7 Å². The van der Waals surface area contributed by atoms with Gasteiger partial charge in [-0.05, 0) is 56.5 Å². The number of aryl methyl sites for hydroxylation is 1. The molecule has 0 bridgehead atoms. The van der Waals surface area contributed by atoms with Crippen LogP contribution in [0.2, 0.25) is 0 Å². The summed E-state index contributed by atoms with van der Waals surface area (Å²) < 4.78 is 2.13. The number of rotatable bonds is 2. The highest BCUT2D eigenvalue weighted by Crippen LogP contribution is 2.52. The third-order valence-corrected chi connectivity index (χ3v) is 5.63. The summed E-state index contributed by atoms with van der Waals surface area (Å²) in [4.78, 5) is 12.7. The topological polar surface area (TPSA) is 58.5 Å². The Balaban J connectivity index is 1.41. The summed E-state index contributed by atoms with van der Waals surface area (Å²) in [7, 11) is 0. The van der Waals surface area contributed by atoms with Crippen molar-refractivity contribution < 1.29 is 4.79 Å². The number of fused-ring (bicyclic) bond motifs is 2. The van der Waals surface area contributed by atoms with Crippen LogP contribution in [0.25, 0.3) is 5.52 Å². The molecule has 2 aliphatic heterocycles. The summed E-state index contributed by atoms with van der Waals surface area (Å²) in [5, 5.41) is 5.18. The normalized spacial score (nSPS) is 35.7. The summed E-state index contributed by atoms with van der Waals surface area (Å²) in [6.07, 6.45) is 4.24. The number of carbonyl (C=O) groups is 1. The molecule has 22 heavy (non-hydrogen) atoms. The van der Waals surface area contributed by atoms with Crippen molar-refractivity contribution in [1.29, 1.82) is 0 Å². The number of nitrogens with one attached hydrogen (secondary N) is 2. The standard InChI is InChI=1S/C17H20N4O/c1-10-3-4-12-5-11(9-20(12)8-10)17(2)19-21(17)16(22)15-13-6-18-7-14(13)15/h3-5,8-9,13-15,18-19H,6-7H2,1-2H3/t13-,14+,15+,17?,21?. The lowest BCUT2D eigenvalue weighted by Gasteiger charge is -2.08. The predicted octanol–water partition coefficient (Wildman–Crippen LogP) is 1.23. The van der Waals surface area contributed by atoms with Gasteiger partial charge in [0.1, 0.15) is 5.66 Å². The maximum atomic E-state index is 12.7. The SMILES string of the molecule is Cc1ccc2cc(C3(C)NN3C(=O)[C@H]3[C@@H]4CNC[C@@H]43)cn2c1.